The van der Waals surface area contributed by atoms with Gasteiger partial charge in [-0.15, -0.1) is 15.3 Å². The van der Waals surface area contributed by atoms with E-state index in [1.807, 2.05) is 0 Å². The minimum Gasteiger partial charge on any atom is -0.507 e. The van der Waals surface area contributed by atoms with E-state index >= 15 is 0 Å². The number of Topliss-reactive ketones (excluding diaryl/α,β-unsaturated/α-hetero) is 2. The van der Waals surface area contributed by atoms with Gasteiger partial charge in [-0.25, -0.2) is 4.68 Å². The fraction of sp³-hybridized carbons (Fsp3) is 0.217. The molecule has 34 heavy (non-hydrogen) atoms. The van der Waals surface area contributed by atoms with Crippen LogP contribution in [0, 0.1) is 13.8 Å². The number of aromatic hydroxyl groups is 2. The van der Waals surface area contributed by atoms with Gasteiger partial charge in [0.25, 0.3) is 0 Å². The fourth-order valence-corrected chi connectivity index (χ4v) is 4.79. The molecule has 1 aliphatic heterocycles. The molecule has 2 N–H and O–H groups in total. The van der Waals surface area contributed by atoms with Gasteiger partial charge >= 0.3 is 0 Å². The predicted molar refractivity (Wildman–Crippen MR) is 117 cm³/mol. The van der Waals surface area contributed by atoms with Gasteiger partial charge in [-0.05, 0) is 39.8 Å². The Balaban J connectivity index is 1.62. The number of benzene rings is 1. The summed E-state index contributed by atoms with van der Waals surface area (Å²) < 4.78 is 9.04. The SMILES string of the molecule is CC(=O)c1c(O)c(C)c(O)c2c1OC1=Cc3c(c(C)nn3-c3ccc4nncn4n3)C(=O)[C@@]12C. The molecule has 4 aromatic rings. The van der Waals surface area contributed by atoms with Gasteiger partial charge in [0.1, 0.15) is 40.3 Å². The van der Waals surface area contributed by atoms with Crippen molar-refractivity contribution in [1.82, 2.24) is 29.6 Å². The lowest BCUT2D eigenvalue weighted by atomic mass is 9.71. The average molecular weight is 458 g/mol. The normalized spacial score (nSPS) is 18.4. The molecule has 0 fully saturated rings. The Morgan fingerprint density at radius 1 is 1.15 bits per heavy atom. The van der Waals surface area contributed by atoms with Crippen LogP contribution in [0.1, 0.15) is 57.1 Å². The summed E-state index contributed by atoms with van der Waals surface area (Å²) in [6, 6.07) is 3.43. The summed E-state index contributed by atoms with van der Waals surface area (Å²) in [7, 11) is 0. The zero-order valence-electron chi connectivity index (χ0n) is 18.6. The van der Waals surface area contributed by atoms with Gasteiger partial charge in [-0.2, -0.15) is 9.61 Å². The number of hydrogen-bond donors (Lipinski definition) is 2. The number of phenols is 2. The second kappa shape index (κ2) is 6.28. The largest absolute Gasteiger partial charge is 0.507 e. The zero-order chi connectivity index (χ0) is 24.1. The lowest BCUT2D eigenvalue weighted by Gasteiger charge is -2.27. The molecule has 2 aliphatic rings. The first-order chi connectivity index (χ1) is 16.1. The summed E-state index contributed by atoms with van der Waals surface area (Å²) in [4.78, 5) is 26.3. The molecule has 11 nitrogen and oxygen atoms in total. The van der Waals surface area contributed by atoms with Crippen LogP contribution in [0.15, 0.2) is 24.2 Å². The molecule has 0 bridgehead atoms. The zero-order valence-corrected chi connectivity index (χ0v) is 18.6. The highest BCUT2D eigenvalue weighted by Gasteiger charge is 2.55. The number of carbonyl (C=O) groups is 2. The summed E-state index contributed by atoms with van der Waals surface area (Å²) in [5, 5.41) is 38.2. The van der Waals surface area contributed by atoms with Crippen LogP contribution in [-0.2, 0) is 5.41 Å². The van der Waals surface area contributed by atoms with Crippen LogP contribution < -0.4 is 4.74 Å². The second-order valence-corrected chi connectivity index (χ2v) is 8.60. The van der Waals surface area contributed by atoms with E-state index in [0.29, 0.717) is 28.4 Å². The monoisotopic (exact) mass is 458 g/mol. The summed E-state index contributed by atoms with van der Waals surface area (Å²) >= 11 is 0. The van der Waals surface area contributed by atoms with E-state index in [9.17, 15) is 19.8 Å². The maximum atomic E-state index is 14.0. The Labute approximate surface area is 191 Å². The molecule has 1 aliphatic carbocycles. The van der Waals surface area contributed by atoms with Crippen LogP contribution in [0.5, 0.6) is 17.2 Å². The van der Waals surface area contributed by atoms with E-state index in [1.54, 1.807) is 32.1 Å². The number of ketones is 2. The van der Waals surface area contributed by atoms with Crippen molar-refractivity contribution in [3.8, 4) is 23.1 Å². The molecule has 0 radical (unpaired) electrons. The highest BCUT2D eigenvalue weighted by molar-refractivity contribution is 6.14. The third-order valence-electron chi connectivity index (χ3n) is 6.60. The number of aryl methyl sites for hydroxylation is 1. The third kappa shape index (κ3) is 2.25. The Hall–Kier alpha value is -4.54. The van der Waals surface area contributed by atoms with Crippen molar-refractivity contribution in [3.63, 3.8) is 0 Å². The summed E-state index contributed by atoms with van der Waals surface area (Å²) in [6.07, 6.45) is 3.12. The van der Waals surface area contributed by atoms with Crippen molar-refractivity contribution in [1.29, 1.82) is 0 Å². The van der Waals surface area contributed by atoms with Gasteiger partial charge in [-0.3, -0.25) is 9.59 Å². The molecule has 0 saturated heterocycles. The predicted octanol–water partition coefficient (Wildman–Crippen LogP) is 2.43. The smallest absolute Gasteiger partial charge is 0.185 e. The minimum absolute atomic E-state index is 0.0125. The average Bonchev–Trinajstić information content (AvgIpc) is 3.46. The molecule has 0 amide bonds. The number of fused-ring (bicyclic) bond motifs is 5. The van der Waals surface area contributed by atoms with Crippen LogP contribution in [0.2, 0.25) is 0 Å². The molecule has 1 aromatic carbocycles. The van der Waals surface area contributed by atoms with E-state index in [1.165, 1.54) is 29.4 Å². The number of nitrogens with zero attached hydrogens (tertiary/aromatic N) is 6. The molecule has 0 spiro atoms. The Morgan fingerprint density at radius 2 is 1.91 bits per heavy atom. The number of ether oxygens (including phenoxy) is 1. The second-order valence-electron chi connectivity index (χ2n) is 8.60. The first-order valence-electron chi connectivity index (χ1n) is 10.5. The van der Waals surface area contributed by atoms with Crippen LogP contribution in [0.4, 0.5) is 0 Å². The van der Waals surface area contributed by atoms with Gasteiger partial charge in [0.15, 0.2) is 23.0 Å². The van der Waals surface area contributed by atoms with Crippen molar-refractivity contribution < 1.29 is 24.5 Å². The number of phenolic OH excluding ortho intramolecular Hbond substituents is 2. The molecule has 0 unspecified atom stereocenters. The number of hydrogen-bond acceptors (Lipinski definition) is 9. The highest BCUT2D eigenvalue weighted by atomic mass is 16.5. The summed E-state index contributed by atoms with van der Waals surface area (Å²) in [5.41, 5.74) is 0.614. The standard InChI is InChI=1S/C23H18N6O5/c1-9-19(31)17(11(3)30)21-18(20(9)32)23(4)13(34-21)7-12-16(22(23)33)10(2)26-29(12)15-6-5-14-25-24-8-28(14)27-15/h5-8,31-32H,1-4H3/t23-/m0/s1. The van der Waals surface area contributed by atoms with E-state index < -0.39 is 11.2 Å². The van der Waals surface area contributed by atoms with Gasteiger partial charge < -0.3 is 14.9 Å². The van der Waals surface area contributed by atoms with Crippen molar-refractivity contribution in [3.05, 3.63) is 57.9 Å². The first-order valence-corrected chi connectivity index (χ1v) is 10.5. The summed E-state index contributed by atoms with van der Waals surface area (Å²) in [5.74, 6) is -0.811. The van der Waals surface area contributed by atoms with Crippen molar-refractivity contribution in [2.24, 2.45) is 0 Å². The van der Waals surface area contributed by atoms with Crippen molar-refractivity contribution >= 4 is 23.3 Å². The topological polar surface area (TPSA) is 145 Å². The molecular weight excluding hydrogens is 440 g/mol. The molecule has 11 heteroatoms. The van der Waals surface area contributed by atoms with Gasteiger partial charge in [-0.1, -0.05) is 0 Å². The van der Waals surface area contributed by atoms with Crippen molar-refractivity contribution in [2.45, 2.75) is 33.1 Å². The molecular formula is C23H18N6O5. The van der Waals surface area contributed by atoms with E-state index in [-0.39, 0.29) is 45.5 Å². The molecule has 170 valence electrons. The van der Waals surface area contributed by atoms with E-state index in [4.69, 9.17) is 4.74 Å². The van der Waals surface area contributed by atoms with Gasteiger partial charge in [0.2, 0.25) is 0 Å². The lowest BCUT2D eigenvalue weighted by molar-refractivity contribution is 0.0905. The Bertz CT molecular complexity index is 1650. The first kappa shape index (κ1) is 20.1. The molecule has 3 aromatic heterocycles. The van der Waals surface area contributed by atoms with E-state index in [2.05, 4.69) is 20.4 Å². The number of rotatable bonds is 2. The third-order valence-corrected chi connectivity index (χ3v) is 6.60. The minimum atomic E-state index is -1.40. The number of carbonyl (C=O) groups excluding carboxylic acids is 2. The van der Waals surface area contributed by atoms with Crippen LogP contribution in [-0.4, -0.2) is 51.4 Å². The summed E-state index contributed by atoms with van der Waals surface area (Å²) in [6.45, 7) is 6.12. The van der Waals surface area contributed by atoms with Gasteiger partial charge in [0, 0.05) is 11.6 Å². The highest BCUT2D eigenvalue weighted by Crippen LogP contribution is 2.58. The molecule has 6 rings (SSSR count). The molecule has 0 saturated carbocycles. The lowest BCUT2D eigenvalue weighted by Crippen LogP contribution is -2.36. The quantitative estimate of drug-likeness (QED) is 0.433. The molecule has 4 heterocycles. The van der Waals surface area contributed by atoms with E-state index in [0.717, 1.165) is 0 Å². The van der Waals surface area contributed by atoms with Crippen LogP contribution in [0.25, 0.3) is 17.5 Å². The maximum absolute atomic E-state index is 14.0. The maximum Gasteiger partial charge on any atom is 0.185 e. The van der Waals surface area contributed by atoms with Crippen molar-refractivity contribution in [2.75, 3.05) is 0 Å². The number of allylic oxidation sites excluding steroid dienone is 1. The Kier molecular flexibility index (Phi) is 3.71. The molecule has 1 atom stereocenters. The fourth-order valence-electron chi connectivity index (χ4n) is 4.79. The van der Waals surface area contributed by atoms with Gasteiger partial charge in [0.05, 0.1) is 22.5 Å². The number of aromatic nitrogens is 6. The Morgan fingerprint density at radius 3 is 2.65 bits per heavy atom. The van der Waals surface area contributed by atoms with Crippen LogP contribution >= 0.6 is 0 Å². The van der Waals surface area contributed by atoms with Crippen LogP contribution in [0.3, 0.4) is 0 Å².